The number of carbonyl (C=O) groups excluding carboxylic acids is 1. The molecule has 12 heteroatoms. The average Bonchev–Trinajstić information content (AvgIpc) is 3.26. The minimum atomic E-state index is -4.58. The van der Waals surface area contributed by atoms with Crippen LogP contribution in [0.5, 0.6) is 0 Å². The number of nitro benzene ring substituents is 1. The number of thioether (sulfide) groups is 1. The molecule has 0 unspecified atom stereocenters. The third-order valence-electron chi connectivity index (χ3n) is 4.95. The van der Waals surface area contributed by atoms with Gasteiger partial charge in [-0.2, -0.15) is 13.2 Å². The molecule has 0 bridgehead atoms. The highest BCUT2D eigenvalue weighted by Gasteiger charge is 2.31. The first-order chi connectivity index (χ1) is 17.1. The van der Waals surface area contributed by atoms with E-state index in [0.717, 1.165) is 23.9 Å². The van der Waals surface area contributed by atoms with E-state index in [2.05, 4.69) is 10.3 Å². The Labute approximate surface area is 212 Å². The second-order valence-corrected chi connectivity index (χ2v) is 8.84. The smallest absolute Gasteiger partial charge is 0.325 e. The van der Waals surface area contributed by atoms with Crippen LogP contribution in [-0.2, 0) is 11.0 Å². The number of hydrogen-bond donors (Lipinski definition) is 1. The van der Waals surface area contributed by atoms with Gasteiger partial charge < -0.3 is 5.32 Å². The number of anilines is 1. The molecular formula is C24H16ClF3N4O3S. The maximum absolute atomic E-state index is 13.4. The van der Waals surface area contributed by atoms with Gasteiger partial charge in [0, 0.05) is 34.1 Å². The van der Waals surface area contributed by atoms with Gasteiger partial charge in [-0.05, 0) is 36.4 Å². The number of amides is 1. The number of aromatic nitrogens is 2. The van der Waals surface area contributed by atoms with Gasteiger partial charge >= 0.3 is 6.18 Å². The van der Waals surface area contributed by atoms with Crippen molar-refractivity contribution >= 4 is 40.6 Å². The largest absolute Gasteiger partial charge is 0.416 e. The van der Waals surface area contributed by atoms with Crippen molar-refractivity contribution < 1.29 is 22.9 Å². The first-order valence-electron chi connectivity index (χ1n) is 10.3. The van der Waals surface area contributed by atoms with Crippen molar-refractivity contribution in [1.82, 2.24) is 9.55 Å². The van der Waals surface area contributed by atoms with Crippen molar-refractivity contribution in [1.29, 1.82) is 0 Å². The van der Waals surface area contributed by atoms with Crippen molar-refractivity contribution in [3.63, 3.8) is 0 Å². The topological polar surface area (TPSA) is 90.1 Å². The van der Waals surface area contributed by atoms with E-state index in [9.17, 15) is 28.1 Å². The summed E-state index contributed by atoms with van der Waals surface area (Å²) in [5.41, 5.74) is 0.293. The van der Waals surface area contributed by atoms with Gasteiger partial charge in [0.05, 0.1) is 28.1 Å². The number of alkyl halides is 3. The van der Waals surface area contributed by atoms with Crippen molar-refractivity contribution in [2.24, 2.45) is 0 Å². The Kier molecular flexibility index (Phi) is 7.32. The van der Waals surface area contributed by atoms with E-state index >= 15 is 0 Å². The Balaban J connectivity index is 1.70. The summed E-state index contributed by atoms with van der Waals surface area (Å²) in [7, 11) is 0. The van der Waals surface area contributed by atoms with Gasteiger partial charge in [-0.15, -0.1) is 0 Å². The Hall–Kier alpha value is -3.83. The Morgan fingerprint density at radius 3 is 2.56 bits per heavy atom. The third-order valence-corrected chi connectivity index (χ3v) is 6.14. The second kappa shape index (κ2) is 10.4. The molecule has 1 aromatic heterocycles. The lowest BCUT2D eigenvalue weighted by Crippen LogP contribution is -2.14. The molecule has 4 aromatic rings. The first kappa shape index (κ1) is 25.3. The minimum absolute atomic E-state index is 0.100. The molecule has 0 spiro atoms. The molecular weight excluding hydrogens is 517 g/mol. The van der Waals surface area contributed by atoms with Gasteiger partial charge in [-0.25, -0.2) is 4.98 Å². The van der Waals surface area contributed by atoms with Crippen LogP contribution in [0.3, 0.4) is 0 Å². The third kappa shape index (κ3) is 5.86. The minimum Gasteiger partial charge on any atom is -0.325 e. The van der Waals surface area contributed by atoms with E-state index in [0.29, 0.717) is 22.0 Å². The Morgan fingerprint density at radius 1 is 1.08 bits per heavy atom. The van der Waals surface area contributed by atoms with Gasteiger partial charge in [0.15, 0.2) is 5.16 Å². The fourth-order valence-corrected chi connectivity index (χ4v) is 4.37. The average molecular weight is 533 g/mol. The van der Waals surface area contributed by atoms with Gasteiger partial charge in [0.25, 0.3) is 5.69 Å². The molecule has 0 aliphatic rings. The van der Waals surface area contributed by atoms with Crippen LogP contribution in [0.15, 0.2) is 84.1 Å². The van der Waals surface area contributed by atoms with Crippen molar-refractivity contribution in [2.75, 3.05) is 11.1 Å². The highest BCUT2D eigenvalue weighted by molar-refractivity contribution is 7.99. The molecule has 0 aliphatic heterocycles. The maximum atomic E-state index is 13.4. The molecule has 36 heavy (non-hydrogen) atoms. The zero-order valence-electron chi connectivity index (χ0n) is 18.2. The summed E-state index contributed by atoms with van der Waals surface area (Å²) in [4.78, 5) is 27.5. The van der Waals surface area contributed by atoms with E-state index in [4.69, 9.17) is 11.6 Å². The fraction of sp³-hybridized carbons (Fsp3) is 0.0833. The summed E-state index contributed by atoms with van der Waals surface area (Å²) in [6.45, 7) is 0. The molecule has 1 N–H and O–H groups in total. The molecule has 3 aromatic carbocycles. The molecule has 0 aliphatic carbocycles. The number of benzene rings is 3. The number of carbonyl (C=O) groups is 1. The van der Waals surface area contributed by atoms with Crippen molar-refractivity contribution in [3.8, 4) is 16.9 Å². The maximum Gasteiger partial charge on any atom is 0.416 e. The van der Waals surface area contributed by atoms with Crippen LogP contribution in [0.4, 0.5) is 24.5 Å². The highest BCUT2D eigenvalue weighted by Crippen LogP contribution is 2.35. The fourth-order valence-electron chi connectivity index (χ4n) is 3.38. The Morgan fingerprint density at radius 2 is 1.83 bits per heavy atom. The molecule has 184 valence electrons. The van der Waals surface area contributed by atoms with E-state index < -0.39 is 16.7 Å². The molecule has 0 fully saturated rings. The molecule has 4 rings (SSSR count). The summed E-state index contributed by atoms with van der Waals surface area (Å²) < 4.78 is 41.6. The number of rotatable bonds is 7. The monoisotopic (exact) mass is 532 g/mol. The van der Waals surface area contributed by atoms with Gasteiger partial charge in [0.1, 0.15) is 0 Å². The number of halogens is 4. The summed E-state index contributed by atoms with van der Waals surface area (Å²) in [6, 6.07) is 16.9. The van der Waals surface area contributed by atoms with Crippen LogP contribution < -0.4 is 5.32 Å². The molecule has 0 saturated carbocycles. The normalized spacial score (nSPS) is 11.3. The number of non-ortho nitro benzene ring substituents is 1. The number of nitro groups is 1. The molecule has 1 heterocycles. The zero-order chi connectivity index (χ0) is 25.9. The summed E-state index contributed by atoms with van der Waals surface area (Å²) >= 11 is 6.94. The summed E-state index contributed by atoms with van der Waals surface area (Å²) in [5, 5.41) is 14.6. The van der Waals surface area contributed by atoms with Crippen LogP contribution >= 0.6 is 23.4 Å². The first-order valence-corrected chi connectivity index (χ1v) is 11.7. The van der Waals surface area contributed by atoms with Crippen LogP contribution in [0.2, 0.25) is 5.02 Å². The van der Waals surface area contributed by atoms with Gasteiger partial charge in [-0.1, -0.05) is 47.6 Å². The van der Waals surface area contributed by atoms with E-state index in [1.807, 2.05) is 0 Å². The number of nitrogens with one attached hydrogen (secondary N) is 1. The molecule has 0 radical (unpaired) electrons. The molecule has 0 atom stereocenters. The summed E-state index contributed by atoms with van der Waals surface area (Å²) in [5.74, 6) is -0.477. The van der Waals surface area contributed by atoms with Gasteiger partial charge in [0.2, 0.25) is 5.91 Å². The highest BCUT2D eigenvalue weighted by atomic mass is 35.5. The van der Waals surface area contributed by atoms with E-state index in [1.54, 1.807) is 30.3 Å². The summed E-state index contributed by atoms with van der Waals surface area (Å²) in [6.07, 6.45) is -3.18. The second-order valence-electron chi connectivity index (χ2n) is 7.46. The molecule has 0 saturated heterocycles. The number of hydrogen-bond acceptors (Lipinski definition) is 5. The Bertz CT molecular complexity index is 1440. The molecule has 1 amide bonds. The predicted molar refractivity (Wildman–Crippen MR) is 131 cm³/mol. The van der Waals surface area contributed by atoms with Crippen LogP contribution in [0.1, 0.15) is 5.56 Å². The SMILES string of the molecule is O=C(CSc1ncc(-c2cccc([N+](=O)[O-])c2)n1-c1cccc(C(F)(F)F)c1)Nc1cccc(Cl)c1. The van der Waals surface area contributed by atoms with Crippen molar-refractivity contribution in [3.05, 3.63) is 99.7 Å². The molecule has 7 nitrogen and oxygen atoms in total. The zero-order valence-corrected chi connectivity index (χ0v) is 19.8. The van der Waals surface area contributed by atoms with Crippen LogP contribution in [-0.4, -0.2) is 26.1 Å². The quantitative estimate of drug-likeness (QED) is 0.160. The number of imidazole rings is 1. The van der Waals surface area contributed by atoms with E-state index in [1.165, 1.54) is 41.1 Å². The lowest BCUT2D eigenvalue weighted by molar-refractivity contribution is -0.384. The number of nitrogens with zero attached hydrogens (tertiary/aromatic N) is 3. The van der Waals surface area contributed by atoms with Gasteiger partial charge in [-0.3, -0.25) is 19.5 Å². The standard InChI is InChI=1S/C24H16ClF3N4O3S/c25-17-6-3-7-18(12-17)30-22(33)14-36-23-29-13-21(15-4-1-9-20(10-15)32(34)35)31(23)19-8-2-5-16(11-19)24(26,27)28/h1-13H,14H2,(H,30,33). The van der Waals surface area contributed by atoms with Crippen LogP contribution in [0.25, 0.3) is 16.9 Å². The predicted octanol–water partition coefficient (Wildman–Crippen LogP) is 6.85. The lowest BCUT2D eigenvalue weighted by Gasteiger charge is -2.14. The van der Waals surface area contributed by atoms with Crippen molar-refractivity contribution in [2.45, 2.75) is 11.3 Å². The van der Waals surface area contributed by atoms with Crippen LogP contribution in [0, 0.1) is 10.1 Å². The lowest BCUT2D eigenvalue weighted by atomic mass is 10.1. The van der Waals surface area contributed by atoms with E-state index in [-0.39, 0.29) is 28.2 Å².